The summed E-state index contributed by atoms with van der Waals surface area (Å²) in [6.45, 7) is -0.601. The lowest BCUT2D eigenvalue weighted by Crippen LogP contribution is -2.13. The van der Waals surface area contributed by atoms with Gasteiger partial charge < -0.3 is 9.47 Å². The summed E-state index contributed by atoms with van der Waals surface area (Å²) in [6, 6.07) is 6.21. The first-order valence-electron chi connectivity index (χ1n) is 6.36. The standard InChI is InChI=1S/C15H11F2NO5/c1-22-14-5-2-9(6-11(14)17)13(19)8-23-15-7-10(16)3-4-12(15)18(20)21/h2-7H,8H2,1H3. The number of carbonyl (C=O) groups is 1. The van der Waals surface area contributed by atoms with Gasteiger partial charge in [-0.2, -0.15) is 0 Å². The predicted octanol–water partition coefficient (Wildman–Crippen LogP) is 3.14. The van der Waals surface area contributed by atoms with Crippen molar-refractivity contribution in [1.82, 2.24) is 0 Å². The Labute approximate surface area is 129 Å². The first-order chi connectivity index (χ1) is 10.9. The topological polar surface area (TPSA) is 78.7 Å². The summed E-state index contributed by atoms with van der Waals surface area (Å²) in [5.74, 6) is -2.49. The summed E-state index contributed by atoms with van der Waals surface area (Å²) in [7, 11) is 1.28. The van der Waals surface area contributed by atoms with Crippen LogP contribution in [0, 0.1) is 21.7 Å². The summed E-state index contributed by atoms with van der Waals surface area (Å²) in [5, 5.41) is 10.8. The third kappa shape index (κ3) is 3.79. The van der Waals surface area contributed by atoms with Crippen molar-refractivity contribution in [2.24, 2.45) is 0 Å². The van der Waals surface area contributed by atoms with Crippen LogP contribution in [0.25, 0.3) is 0 Å². The average Bonchev–Trinajstić information content (AvgIpc) is 2.52. The normalized spacial score (nSPS) is 10.2. The summed E-state index contributed by atoms with van der Waals surface area (Å²) >= 11 is 0. The van der Waals surface area contributed by atoms with Crippen LogP contribution in [0.2, 0.25) is 0 Å². The fourth-order valence-electron chi connectivity index (χ4n) is 1.82. The molecule has 120 valence electrons. The Morgan fingerprint density at radius 1 is 1.17 bits per heavy atom. The maximum Gasteiger partial charge on any atom is 0.311 e. The number of carbonyl (C=O) groups excluding carboxylic acids is 1. The highest BCUT2D eigenvalue weighted by Crippen LogP contribution is 2.27. The van der Waals surface area contributed by atoms with Crippen LogP contribution in [-0.4, -0.2) is 24.4 Å². The molecule has 0 aliphatic rings. The lowest BCUT2D eigenvalue weighted by Gasteiger charge is -2.07. The molecule has 0 amide bonds. The second kappa shape index (κ2) is 6.82. The van der Waals surface area contributed by atoms with Crippen molar-refractivity contribution >= 4 is 11.5 Å². The van der Waals surface area contributed by atoms with E-state index in [-0.39, 0.29) is 17.1 Å². The van der Waals surface area contributed by atoms with Gasteiger partial charge in [0.1, 0.15) is 5.82 Å². The van der Waals surface area contributed by atoms with Crippen LogP contribution in [0.4, 0.5) is 14.5 Å². The van der Waals surface area contributed by atoms with Crippen molar-refractivity contribution < 1.29 is 28.0 Å². The summed E-state index contributed by atoms with van der Waals surface area (Å²) in [6.07, 6.45) is 0. The van der Waals surface area contributed by atoms with E-state index in [4.69, 9.17) is 9.47 Å². The van der Waals surface area contributed by atoms with Gasteiger partial charge >= 0.3 is 5.69 Å². The van der Waals surface area contributed by atoms with Crippen LogP contribution in [-0.2, 0) is 0 Å². The summed E-state index contributed by atoms with van der Waals surface area (Å²) in [4.78, 5) is 22.0. The van der Waals surface area contributed by atoms with Crippen molar-refractivity contribution in [3.63, 3.8) is 0 Å². The Bertz CT molecular complexity index is 764. The summed E-state index contributed by atoms with van der Waals surface area (Å²) in [5.41, 5.74) is -0.470. The predicted molar refractivity (Wildman–Crippen MR) is 75.8 cm³/mol. The molecule has 6 nitrogen and oxygen atoms in total. The Balaban J connectivity index is 2.15. The highest BCUT2D eigenvalue weighted by molar-refractivity contribution is 5.97. The van der Waals surface area contributed by atoms with E-state index in [1.807, 2.05) is 0 Å². The minimum Gasteiger partial charge on any atom is -0.494 e. The number of nitrogens with zero attached hydrogens (tertiary/aromatic N) is 1. The van der Waals surface area contributed by atoms with Gasteiger partial charge in [-0.15, -0.1) is 0 Å². The molecule has 0 N–H and O–H groups in total. The number of rotatable bonds is 6. The Morgan fingerprint density at radius 2 is 1.91 bits per heavy atom. The van der Waals surface area contributed by atoms with E-state index >= 15 is 0 Å². The van der Waals surface area contributed by atoms with E-state index in [9.17, 15) is 23.7 Å². The molecule has 0 bridgehead atoms. The van der Waals surface area contributed by atoms with Crippen LogP contribution in [0.5, 0.6) is 11.5 Å². The van der Waals surface area contributed by atoms with E-state index in [1.165, 1.54) is 19.2 Å². The molecule has 0 heterocycles. The Hall–Kier alpha value is -3.03. The molecule has 2 rings (SSSR count). The third-order valence-corrected chi connectivity index (χ3v) is 2.95. The van der Waals surface area contributed by atoms with Gasteiger partial charge in [-0.05, 0) is 24.3 Å². The molecule has 0 aliphatic heterocycles. The third-order valence-electron chi connectivity index (χ3n) is 2.95. The molecule has 2 aromatic rings. The molecule has 2 aromatic carbocycles. The van der Waals surface area contributed by atoms with Crippen LogP contribution in [0.3, 0.4) is 0 Å². The number of nitro groups is 1. The van der Waals surface area contributed by atoms with Gasteiger partial charge in [0.05, 0.1) is 12.0 Å². The zero-order valence-corrected chi connectivity index (χ0v) is 11.9. The Kier molecular flexibility index (Phi) is 4.85. The van der Waals surface area contributed by atoms with E-state index in [1.54, 1.807) is 0 Å². The molecule has 0 saturated carbocycles. The number of Topliss-reactive ketones (excluding diaryl/α,β-unsaturated/α-hetero) is 1. The maximum absolute atomic E-state index is 13.5. The second-order valence-corrected chi connectivity index (χ2v) is 4.43. The Morgan fingerprint density at radius 3 is 2.52 bits per heavy atom. The van der Waals surface area contributed by atoms with Gasteiger partial charge in [-0.1, -0.05) is 0 Å². The molecular weight excluding hydrogens is 312 g/mol. The SMILES string of the molecule is COc1ccc(C(=O)COc2cc(F)ccc2[N+](=O)[O-])cc1F. The number of nitro benzene ring substituents is 1. The van der Waals surface area contributed by atoms with E-state index in [2.05, 4.69) is 0 Å². The molecule has 23 heavy (non-hydrogen) atoms. The molecule has 0 aliphatic carbocycles. The lowest BCUT2D eigenvalue weighted by atomic mass is 10.1. The van der Waals surface area contributed by atoms with Gasteiger partial charge in [-0.25, -0.2) is 8.78 Å². The molecule has 0 unspecified atom stereocenters. The van der Waals surface area contributed by atoms with Crippen LogP contribution >= 0.6 is 0 Å². The molecule has 8 heteroatoms. The molecule has 0 aromatic heterocycles. The lowest BCUT2D eigenvalue weighted by molar-refractivity contribution is -0.385. The fourth-order valence-corrected chi connectivity index (χ4v) is 1.82. The van der Waals surface area contributed by atoms with Crippen LogP contribution in [0.1, 0.15) is 10.4 Å². The number of hydrogen-bond donors (Lipinski definition) is 0. The monoisotopic (exact) mass is 323 g/mol. The van der Waals surface area contributed by atoms with Crippen molar-refractivity contribution in [3.05, 3.63) is 63.7 Å². The van der Waals surface area contributed by atoms with E-state index in [0.717, 1.165) is 24.3 Å². The zero-order chi connectivity index (χ0) is 17.0. The average molecular weight is 323 g/mol. The van der Waals surface area contributed by atoms with Gasteiger partial charge in [0.2, 0.25) is 0 Å². The fraction of sp³-hybridized carbons (Fsp3) is 0.133. The number of hydrogen-bond acceptors (Lipinski definition) is 5. The number of methoxy groups -OCH3 is 1. The van der Waals surface area contributed by atoms with Crippen molar-refractivity contribution in [1.29, 1.82) is 0 Å². The first-order valence-corrected chi connectivity index (χ1v) is 6.36. The minimum absolute atomic E-state index is 0.00218. The molecular formula is C15H11F2NO5. The van der Waals surface area contributed by atoms with Crippen molar-refractivity contribution in [2.75, 3.05) is 13.7 Å². The smallest absolute Gasteiger partial charge is 0.311 e. The van der Waals surface area contributed by atoms with Crippen molar-refractivity contribution in [3.8, 4) is 11.5 Å². The second-order valence-electron chi connectivity index (χ2n) is 4.43. The largest absolute Gasteiger partial charge is 0.494 e. The number of halogens is 2. The van der Waals surface area contributed by atoms with Crippen molar-refractivity contribution in [2.45, 2.75) is 0 Å². The van der Waals surface area contributed by atoms with Crippen LogP contribution < -0.4 is 9.47 Å². The number of ketones is 1. The van der Waals surface area contributed by atoms with E-state index in [0.29, 0.717) is 0 Å². The highest BCUT2D eigenvalue weighted by Gasteiger charge is 2.18. The molecule has 0 saturated heterocycles. The maximum atomic E-state index is 13.5. The number of ether oxygens (including phenoxy) is 2. The van der Waals surface area contributed by atoms with Crippen LogP contribution in [0.15, 0.2) is 36.4 Å². The number of benzene rings is 2. The molecule has 0 fully saturated rings. The zero-order valence-electron chi connectivity index (χ0n) is 11.9. The molecule has 0 spiro atoms. The minimum atomic E-state index is -0.758. The summed E-state index contributed by atoms with van der Waals surface area (Å²) < 4.78 is 36.4. The van der Waals surface area contributed by atoms with Gasteiger partial charge in [0.15, 0.2) is 29.7 Å². The molecule has 0 radical (unpaired) electrons. The highest BCUT2D eigenvalue weighted by atomic mass is 19.1. The molecule has 0 atom stereocenters. The quantitative estimate of drug-likeness (QED) is 0.463. The van der Waals surface area contributed by atoms with Gasteiger partial charge in [-0.3, -0.25) is 14.9 Å². The van der Waals surface area contributed by atoms with Gasteiger partial charge in [0, 0.05) is 17.7 Å². The van der Waals surface area contributed by atoms with E-state index < -0.39 is 34.6 Å². The van der Waals surface area contributed by atoms with Gasteiger partial charge in [0.25, 0.3) is 0 Å². The first kappa shape index (κ1) is 16.3.